The van der Waals surface area contributed by atoms with E-state index in [2.05, 4.69) is 36.9 Å². The van der Waals surface area contributed by atoms with E-state index in [1.807, 2.05) is 13.0 Å². The van der Waals surface area contributed by atoms with Crippen molar-refractivity contribution in [1.29, 1.82) is 0 Å². The third-order valence-electron chi connectivity index (χ3n) is 3.62. The Morgan fingerprint density at radius 2 is 1.86 bits per heavy atom. The lowest BCUT2D eigenvalue weighted by molar-refractivity contribution is 0.627. The highest BCUT2D eigenvalue weighted by molar-refractivity contribution is 5.64. The SMILES string of the molecule is CCN(c1cccc(F)c1)c1ccc(CC(C)N)c(C)c1. The van der Waals surface area contributed by atoms with Gasteiger partial charge >= 0.3 is 0 Å². The van der Waals surface area contributed by atoms with Crippen LogP contribution in [0, 0.1) is 12.7 Å². The summed E-state index contributed by atoms with van der Waals surface area (Å²) in [6.07, 6.45) is 0.873. The monoisotopic (exact) mass is 286 g/mol. The normalized spacial score (nSPS) is 12.2. The van der Waals surface area contributed by atoms with Crippen LogP contribution in [0.25, 0.3) is 0 Å². The molecule has 112 valence electrons. The van der Waals surface area contributed by atoms with Gasteiger partial charge in [-0.25, -0.2) is 4.39 Å². The van der Waals surface area contributed by atoms with Crippen LogP contribution in [0.3, 0.4) is 0 Å². The Morgan fingerprint density at radius 3 is 2.43 bits per heavy atom. The molecule has 21 heavy (non-hydrogen) atoms. The van der Waals surface area contributed by atoms with Crippen molar-refractivity contribution in [3.05, 3.63) is 59.4 Å². The van der Waals surface area contributed by atoms with Gasteiger partial charge in [0, 0.05) is 24.0 Å². The molecule has 1 unspecified atom stereocenters. The standard InChI is InChI=1S/C18H23FN2/c1-4-21(17-7-5-6-16(19)12-17)18-9-8-15(11-14(3)20)13(2)10-18/h5-10,12,14H,4,11,20H2,1-3H3. The zero-order chi connectivity index (χ0) is 15.4. The van der Waals surface area contributed by atoms with Gasteiger partial charge < -0.3 is 10.6 Å². The van der Waals surface area contributed by atoms with Crippen molar-refractivity contribution in [1.82, 2.24) is 0 Å². The van der Waals surface area contributed by atoms with Crippen molar-refractivity contribution in [3.63, 3.8) is 0 Å². The highest BCUT2D eigenvalue weighted by Gasteiger charge is 2.10. The minimum atomic E-state index is -0.212. The maximum Gasteiger partial charge on any atom is 0.125 e. The molecule has 1 atom stereocenters. The Hall–Kier alpha value is -1.87. The maximum absolute atomic E-state index is 13.4. The van der Waals surface area contributed by atoms with E-state index in [1.165, 1.54) is 17.2 Å². The summed E-state index contributed by atoms with van der Waals surface area (Å²) in [6.45, 7) is 6.96. The summed E-state index contributed by atoms with van der Waals surface area (Å²) in [5, 5.41) is 0. The molecule has 2 nitrogen and oxygen atoms in total. The minimum absolute atomic E-state index is 0.153. The highest BCUT2D eigenvalue weighted by Crippen LogP contribution is 2.27. The molecule has 2 aromatic carbocycles. The zero-order valence-electron chi connectivity index (χ0n) is 12.9. The molecule has 0 radical (unpaired) electrons. The van der Waals surface area contributed by atoms with Crippen LogP contribution in [-0.2, 0) is 6.42 Å². The molecule has 2 N–H and O–H groups in total. The first kappa shape index (κ1) is 15.5. The number of rotatable bonds is 5. The van der Waals surface area contributed by atoms with E-state index in [-0.39, 0.29) is 11.9 Å². The largest absolute Gasteiger partial charge is 0.342 e. The van der Waals surface area contributed by atoms with Gasteiger partial charge in [0.1, 0.15) is 5.82 Å². The van der Waals surface area contributed by atoms with Crippen LogP contribution in [0.2, 0.25) is 0 Å². The fourth-order valence-electron chi connectivity index (χ4n) is 2.58. The fraction of sp³-hybridized carbons (Fsp3) is 0.333. The molecular formula is C18H23FN2. The van der Waals surface area contributed by atoms with Crippen molar-refractivity contribution in [2.24, 2.45) is 5.73 Å². The molecule has 0 heterocycles. The highest BCUT2D eigenvalue weighted by atomic mass is 19.1. The number of anilines is 2. The van der Waals surface area contributed by atoms with Gasteiger partial charge in [-0.05, 0) is 68.7 Å². The molecule has 0 aliphatic rings. The number of halogens is 1. The summed E-state index contributed by atoms with van der Waals surface area (Å²) in [4.78, 5) is 2.10. The van der Waals surface area contributed by atoms with E-state index in [4.69, 9.17) is 5.73 Å². The molecule has 2 rings (SSSR count). The van der Waals surface area contributed by atoms with Crippen molar-refractivity contribution < 1.29 is 4.39 Å². The van der Waals surface area contributed by atoms with Gasteiger partial charge in [0.05, 0.1) is 0 Å². The number of aryl methyl sites for hydroxylation is 1. The van der Waals surface area contributed by atoms with Gasteiger partial charge in [0.2, 0.25) is 0 Å². The molecule has 0 saturated heterocycles. The van der Waals surface area contributed by atoms with Crippen LogP contribution in [0.15, 0.2) is 42.5 Å². The third kappa shape index (κ3) is 3.82. The van der Waals surface area contributed by atoms with Gasteiger partial charge in [0.15, 0.2) is 0 Å². The molecule has 0 aliphatic heterocycles. The Balaban J connectivity index is 2.33. The molecule has 0 aromatic heterocycles. The summed E-state index contributed by atoms with van der Waals surface area (Å²) in [5.41, 5.74) is 10.3. The van der Waals surface area contributed by atoms with E-state index >= 15 is 0 Å². The molecule has 0 amide bonds. The van der Waals surface area contributed by atoms with E-state index in [0.29, 0.717) is 0 Å². The lowest BCUT2D eigenvalue weighted by Gasteiger charge is -2.24. The second-order valence-corrected chi connectivity index (χ2v) is 5.52. The minimum Gasteiger partial charge on any atom is -0.342 e. The van der Waals surface area contributed by atoms with Crippen molar-refractivity contribution in [3.8, 4) is 0 Å². The predicted octanol–water partition coefficient (Wildman–Crippen LogP) is 4.18. The summed E-state index contributed by atoms with van der Waals surface area (Å²) < 4.78 is 13.4. The van der Waals surface area contributed by atoms with Gasteiger partial charge in [-0.3, -0.25) is 0 Å². The quantitative estimate of drug-likeness (QED) is 0.893. The van der Waals surface area contributed by atoms with Crippen molar-refractivity contribution in [2.75, 3.05) is 11.4 Å². The zero-order valence-corrected chi connectivity index (χ0v) is 12.9. The number of hydrogen-bond acceptors (Lipinski definition) is 2. The van der Waals surface area contributed by atoms with Crippen LogP contribution in [0.4, 0.5) is 15.8 Å². The van der Waals surface area contributed by atoms with Gasteiger partial charge in [-0.15, -0.1) is 0 Å². The number of benzene rings is 2. The summed E-state index contributed by atoms with van der Waals surface area (Å²) in [7, 11) is 0. The number of nitrogens with zero attached hydrogens (tertiary/aromatic N) is 1. The number of nitrogens with two attached hydrogens (primary N) is 1. The third-order valence-corrected chi connectivity index (χ3v) is 3.62. The lowest BCUT2D eigenvalue weighted by Crippen LogP contribution is -2.19. The van der Waals surface area contributed by atoms with Crippen LogP contribution in [0.1, 0.15) is 25.0 Å². The Morgan fingerprint density at radius 1 is 1.14 bits per heavy atom. The van der Waals surface area contributed by atoms with Crippen LogP contribution in [0.5, 0.6) is 0 Å². The first-order valence-corrected chi connectivity index (χ1v) is 7.39. The predicted molar refractivity (Wildman–Crippen MR) is 87.6 cm³/mol. The molecule has 2 aromatic rings. The molecule has 0 bridgehead atoms. The van der Waals surface area contributed by atoms with Crippen LogP contribution >= 0.6 is 0 Å². The van der Waals surface area contributed by atoms with Crippen LogP contribution in [-0.4, -0.2) is 12.6 Å². The van der Waals surface area contributed by atoms with Gasteiger partial charge in [-0.2, -0.15) is 0 Å². The topological polar surface area (TPSA) is 29.3 Å². The second kappa shape index (κ2) is 6.72. The summed E-state index contributed by atoms with van der Waals surface area (Å²) >= 11 is 0. The molecule has 3 heteroatoms. The van der Waals surface area contributed by atoms with Crippen molar-refractivity contribution in [2.45, 2.75) is 33.2 Å². The van der Waals surface area contributed by atoms with Gasteiger partial charge in [-0.1, -0.05) is 12.1 Å². The molecule has 0 fully saturated rings. The average Bonchev–Trinajstić information content (AvgIpc) is 2.42. The van der Waals surface area contributed by atoms with E-state index in [9.17, 15) is 4.39 Å². The first-order valence-electron chi connectivity index (χ1n) is 7.39. The Labute approximate surface area is 126 Å². The maximum atomic E-state index is 13.4. The summed E-state index contributed by atoms with van der Waals surface area (Å²) in [6, 6.07) is 13.2. The number of hydrogen-bond donors (Lipinski definition) is 1. The first-order chi connectivity index (χ1) is 10.0. The average molecular weight is 286 g/mol. The Kier molecular flexibility index (Phi) is 4.97. The van der Waals surface area contributed by atoms with Crippen LogP contribution < -0.4 is 10.6 Å². The summed E-state index contributed by atoms with van der Waals surface area (Å²) in [5.74, 6) is -0.212. The van der Waals surface area contributed by atoms with Gasteiger partial charge in [0.25, 0.3) is 0 Å². The molecule has 0 spiro atoms. The second-order valence-electron chi connectivity index (χ2n) is 5.52. The lowest BCUT2D eigenvalue weighted by atomic mass is 10.0. The fourth-order valence-corrected chi connectivity index (χ4v) is 2.58. The van der Waals surface area contributed by atoms with E-state index < -0.39 is 0 Å². The molecular weight excluding hydrogens is 263 g/mol. The molecule has 0 saturated carbocycles. The smallest absolute Gasteiger partial charge is 0.125 e. The Bertz CT molecular complexity index is 608. The van der Waals surface area contributed by atoms with Crippen molar-refractivity contribution >= 4 is 11.4 Å². The van der Waals surface area contributed by atoms with E-state index in [0.717, 1.165) is 24.3 Å². The molecule has 0 aliphatic carbocycles. The van der Waals surface area contributed by atoms with E-state index in [1.54, 1.807) is 12.1 Å².